The number of aliphatic hydroxyl groups is 1. The number of fused-ring (bicyclic) bond motifs is 1. The summed E-state index contributed by atoms with van der Waals surface area (Å²) < 4.78 is 2.05. The molecule has 0 spiro atoms. The lowest BCUT2D eigenvalue weighted by molar-refractivity contribution is 0.123. The molecule has 146 valence electrons. The highest BCUT2D eigenvalue weighted by Gasteiger charge is 2.38. The monoisotopic (exact) mass is 390 g/mol. The zero-order valence-corrected chi connectivity index (χ0v) is 16.7. The van der Waals surface area contributed by atoms with Gasteiger partial charge >= 0.3 is 0 Å². The molecular weight excluding hydrogens is 368 g/mol. The van der Waals surface area contributed by atoms with Crippen molar-refractivity contribution in [3.63, 3.8) is 0 Å². The van der Waals surface area contributed by atoms with Crippen molar-refractivity contribution in [2.24, 2.45) is 0 Å². The summed E-state index contributed by atoms with van der Waals surface area (Å²) in [6, 6.07) is 33.8. The van der Waals surface area contributed by atoms with E-state index in [-0.39, 0.29) is 0 Å². The molecule has 1 N–H and O–H groups in total. The van der Waals surface area contributed by atoms with E-state index in [0.29, 0.717) is 5.69 Å². The van der Waals surface area contributed by atoms with Crippen LogP contribution < -0.4 is 0 Å². The summed E-state index contributed by atoms with van der Waals surface area (Å²) in [6.07, 6.45) is 2.00. The van der Waals surface area contributed by atoms with Gasteiger partial charge in [0.05, 0.1) is 5.52 Å². The quantitative estimate of drug-likeness (QED) is 0.434. The minimum absolute atomic E-state index is 0.621. The van der Waals surface area contributed by atoms with Gasteiger partial charge in [-0.15, -0.1) is 0 Å². The Labute approximate surface area is 175 Å². The van der Waals surface area contributed by atoms with Crippen molar-refractivity contribution in [1.82, 2.24) is 9.38 Å². The first-order valence-electron chi connectivity index (χ1n) is 10.1. The first-order chi connectivity index (χ1) is 14.7. The van der Waals surface area contributed by atoms with E-state index in [1.54, 1.807) is 0 Å². The van der Waals surface area contributed by atoms with Gasteiger partial charge in [0.1, 0.15) is 11.5 Å². The first kappa shape index (κ1) is 18.3. The van der Waals surface area contributed by atoms with Crippen molar-refractivity contribution in [1.29, 1.82) is 0 Å². The third-order valence-corrected chi connectivity index (χ3v) is 5.58. The van der Waals surface area contributed by atoms with Crippen LogP contribution in [0.2, 0.25) is 0 Å². The summed E-state index contributed by atoms with van der Waals surface area (Å²) >= 11 is 0. The molecule has 2 heterocycles. The van der Waals surface area contributed by atoms with E-state index in [0.717, 1.165) is 28.0 Å². The maximum absolute atomic E-state index is 12.3. The van der Waals surface area contributed by atoms with Gasteiger partial charge in [-0.1, -0.05) is 96.6 Å². The highest BCUT2D eigenvalue weighted by Crippen LogP contribution is 2.39. The smallest absolute Gasteiger partial charge is 0.159 e. The van der Waals surface area contributed by atoms with Crippen LogP contribution in [0.1, 0.15) is 22.4 Å². The zero-order chi connectivity index (χ0) is 20.6. The Hall–Kier alpha value is -3.69. The molecule has 2 aromatic heterocycles. The summed E-state index contributed by atoms with van der Waals surface area (Å²) in [4.78, 5) is 5.03. The fourth-order valence-corrected chi connectivity index (χ4v) is 4.01. The van der Waals surface area contributed by atoms with E-state index in [9.17, 15) is 5.11 Å². The van der Waals surface area contributed by atoms with Gasteiger partial charge in [0.2, 0.25) is 0 Å². The van der Waals surface area contributed by atoms with Crippen LogP contribution in [-0.2, 0) is 5.60 Å². The van der Waals surface area contributed by atoms with E-state index in [1.165, 1.54) is 5.56 Å². The molecule has 30 heavy (non-hydrogen) atoms. The third kappa shape index (κ3) is 2.92. The van der Waals surface area contributed by atoms with E-state index < -0.39 is 5.60 Å². The van der Waals surface area contributed by atoms with Gasteiger partial charge in [0.25, 0.3) is 0 Å². The zero-order valence-electron chi connectivity index (χ0n) is 16.7. The SMILES string of the molecule is Cc1ccc(-c2nc(C(O)(c3ccccc3)c3ccccc3)c3ccccn23)cc1. The van der Waals surface area contributed by atoms with Crippen LogP contribution in [0.25, 0.3) is 16.9 Å². The van der Waals surface area contributed by atoms with E-state index in [2.05, 4.69) is 35.6 Å². The van der Waals surface area contributed by atoms with Gasteiger partial charge in [-0.25, -0.2) is 4.98 Å². The lowest BCUT2D eigenvalue weighted by Crippen LogP contribution is -2.29. The average Bonchev–Trinajstić information content (AvgIpc) is 3.20. The Kier molecular flexibility index (Phi) is 4.46. The topological polar surface area (TPSA) is 37.5 Å². The van der Waals surface area contributed by atoms with Gasteiger partial charge in [-0.05, 0) is 30.2 Å². The van der Waals surface area contributed by atoms with Crippen molar-refractivity contribution >= 4 is 5.52 Å². The summed E-state index contributed by atoms with van der Waals surface area (Å²) in [5.41, 5.74) is 3.91. The molecule has 0 amide bonds. The molecule has 0 aliphatic rings. The highest BCUT2D eigenvalue weighted by atomic mass is 16.3. The van der Waals surface area contributed by atoms with Crippen LogP contribution in [-0.4, -0.2) is 14.5 Å². The average molecular weight is 390 g/mol. The van der Waals surface area contributed by atoms with Crippen molar-refractivity contribution in [2.75, 3.05) is 0 Å². The molecule has 0 saturated carbocycles. The first-order valence-corrected chi connectivity index (χ1v) is 10.1. The van der Waals surface area contributed by atoms with Crippen LogP contribution in [0.5, 0.6) is 0 Å². The van der Waals surface area contributed by atoms with Gasteiger partial charge < -0.3 is 5.11 Å². The second-order valence-corrected chi connectivity index (χ2v) is 7.55. The number of benzene rings is 3. The summed E-state index contributed by atoms with van der Waals surface area (Å²) in [6.45, 7) is 2.07. The van der Waals surface area contributed by atoms with Gasteiger partial charge in [0.15, 0.2) is 5.60 Å². The van der Waals surface area contributed by atoms with Crippen LogP contribution in [0.3, 0.4) is 0 Å². The Balaban J connectivity index is 1.83. The molecular formula is C27H22N2O. The molecule has 0 fully saturated rings. The maximum Gasteiger partial charge on any atom is 0.159 e. The van der Waals surface area contributed by atoms with E-state index in [1.807, 2.05) is 85.1 Å². The number of nitrogens with zero attached hydrogens (tertiary/aromatic N) is 2. The fraction of sp³-hybridized carbons (Fsp3) is 0.0741. The van der Waals surface area contributed by atoms with Crippen molar-refractivity contribution in [3.8, 4) is 11.4 Å². The Morgan fingerprint density at radius 2 is 1.27 bits per heavy atom. The number of aryl methyl sites for hydroxylation is 1. The normalized spacial score (nSPS) is 11.7. The molecule has 0 bridgehead atoms. The third-order valence-electron chi connectivity index (χ3n) is 5.58. The molecule has 0 radical (unpaired) electrons. The molecule has 5 rings (SSSR count). The van der Waals surface area contributed by atoms with Crippen LogP contribution >= 0.6 is 0 Å². The minimum Gasteiger partial charge on any atom is -0.374 e. The van der Waals surface area contributed by atoms with E-state index >= 15 is 0 Å². The van der Waals surface area contributed by atoms with Gasteiger partial charge in [-0.2, -0.15) is 0 Å². The molecule has 0 unspecified atom stereocenters. The van der Waals surface area contributed by atoms with Crippen molar-refractivity contribution in [3.05, 3.63) is 132 Å². The predicted octanol–water partition coefficient (Wildman–Crippen LogP) is 5.59. The standard InChI is InChI=1S/C27H22N2O/c1-20-15-17-21(18-16-20)26-28-25(24-14-8-9-19-29(24)26)27(30,22-10-4-2-5-11-22)23-12-6-3-7-13-23/h2-19,30H,1H3. The number of imidazole rings is 1. The predicted molar refractivity (Wildman–Crippen MR) is 120 cm³/mol. The van der Waals surface area contributed by atoms with Crippen molar-refractivity contribution < 1.29 is 5.11 Å². The van der Waals surface area contributed by atoms with Gasteiger partial charge in [0, 0.05) is 11.8 Å². The second-order valence-electron chi connectivity index (χ2n) is 7.55. The molecule has 3 aromatic carbocycles. The Morgan fingerprint density at radius 3 is 1.87 bits per heavy atom. The second kappa shape index (κ2) is 7.29. The number of rotatable bonds is 4. The largest absolute Gasteiger partial charge is 0.374 e. The van der Waals surface area contributed by atoms with Crippen LogP contribution in [0.15, 0.2) is 109 Å². The van der Waals surface area contributed by atoms with E-state index in [4.69, 9.17) is 4.98 Å². The Morgan fingerprint density at radius 1 is 0.700 bits per heavy atom. The lowest BCUT2D eigenvalue weighted by Gasteiger charge is -2.28. The summed E-state index contributed by atoms with van der Waals surface area (Å²) in [5.74, 6) is 0.811. The fourth-order valence-electron chi connectivity index (χ4n) is 4.01. The molecule has 0 aliphatic heterocycles. The summed E-state index contributed by atoms with van der Waals surface area (Å²) in [5, 5.41) is 12.3. The molecule has 5 aromatic rings. The number of hydrogen-bond donors (Lipinski definition) is 1. The number of aromatic nitrogens is 2. The highest BCUT2D eigenvalue weighted by molar-refractivity contribution is 5.69. The van der Waals surface area contributed by atoms with Crippen LogP contribution in [0.4, 0.5) is 0 Å². The summed E-state index contributed by atoms with van der Waals surface area (Å²) in [7, 11) is 0. The van der Waals surface area contributed by atoms with Crippen molar-refractivity contribution in [2.45, 2.75) is 12.5 Å². The number of hydrogen-bond acceptors (Lipinski definition) is 2. The van der Waals surface area contributed by atoms with Gasteiger partial charge in [-0.3, -0.25) is 4.40 Å². The lowest BCUT2D eigenvalue weighted by atomic mass is 9.83. The number of pyridine rings is 1. The molecule has 3 heteroatoms. The van der Waals surface area contributed by atoms with Crippen LogP contribution in [0, 0.1) is 6.92 Å². The minimum atomic E-state index is -1.38. The molecule has 0 atom stereocenters. The molecule has 0 aliphatic carbocycles. The molecule has 3 nitrogen and oxygen atoms in total. The Bertz CT molecular complexity index is 1250. The molecule has 0 saturated heterocycles. The maximum atomic E-state index is 12.3.